The van der Waals surface area contributed by atoms with Crippen LogP contribution in [-0.2, 0) is 9.59 Å². The number of carbonyl (C=O) groups excluding carboxylic acids is 2. The molecular formula is C17H17N3O4S. The number of amides is 2. The van der Waals surface area contributed by atoms with Crippen molar-refractivity contribution in [3.8, 4) is 11.5 Å². The molecule has 0 atom stereocenters. The van der Waals surface area contributed by atoms with E-state index in [-0.39, 0.29) is 24.1 Å². The molecule has 0 saturated carbocycles. The standard InChI is InChI=1S/C17H17N3O4S/c1-23-13-6-5-11(8-14(13)24-2)19-15(21)9-20-12-4-3-7-18-17(12)25-10-16(20)22/h3-8H,9-10H2,1-2H3,(H,19,21). The maximum absolute atomic E-state index is 12.4. The zero-order chi connectivity index (χ0) is 17.8. The number of aromatic nitrogens is 1. The minimum atomic E-state index is -0.303. The van der Waals surface area contributed by atoms with Gasteiger partial charge in [0.25, 0.3) is 0 Å². The van der Waals surface area contributed by atoms with E-state index in [0.29, 0.717) is 22.9 Å². The molecule has 130 valence electrons. The average molecular weight is 359 g/mol. The van der Waals surface area contributed by atoms with E-state index in [2.05, 4.69) is 10.3 Å². The highest BCUT2D eigenvalue weighted by atomic mass is 32.2. The predicted molar refractivity (Wildman–Crippen MR) is 95.5 cm³/mol. The summed E-state index contributed by atoms with van der Waals surface area (Å²) in [6.07, 6.45) is 1.67. The first-order valence-electron chi connectivity index (χ1n) is 7.52. The van der Waals surface area contributed by atoms with Gasteiger partial charge in [-0.1, -0.05) is 11.8 Å². The van der Waals surface area contributed by atoms with Crippen molar-refractivity contribution in [1.82, 2.24) is 4.98 Å². The van der Waals surface area contributed by atoms with Gasteiger partial charge in [0.1, 0.15) is 11.6 Å². The van der Waals surface area contributed by atoms with E-state index < -0.39 is 0 Å². The van der Waals surface area contributed by atoms with E-state index in [9.17, 15) is 9.59 Å². The number of benzene rings is 1. The Morgan fingerprint density at radius 1 is 1.28 bits per heavy atom. The molecule has 7 nitrogen and oxygen atoms in total. The highest BCUT2D eigenvalue weighted by Gasteiger charge is 2.27. The Balaban J connectivity index is 1.74. The van der Waals surface area contributed by atoms with Crippen molar-refractivity contribution in [2.24, 2.45) is 0 Å². The summed E-state index contributed by atoms with van der Waals surface area (Å²) in [5.41, 5.74) is 1.22. The molecule has 2 heterocycles. The third-order valence-electron chi connectivity index (χ3n) is 3.64. The lowest BCUT2D eigenvalue weighted by molar-refractivity contribution is -0.120. The molecule has 1 N–H and O–H groups in total. The fraction of sp³-hybridized carbons (Fsp3) is 0.235. The lowest BCUT2D eigenvalue weighted by atomic mass is 10.2. The van der Waals surface area contributed by atoms with Crippen molar-refractivity contribution in [1.29, 1.82) is 0 Å². The SMILES string of the molecule is COc1ccc(NC(=O)CN2C(=O)CSc3ncccc32)cc1OC. The third-order valence-corrected chi connectivity index (χ3v) is 4.62. The number of rotatable bonds is 5. The Labute approximate surface area is 149 Å². The van der Waals surface area contributed by atoms with Gasteiger partial charge in [0.15, 0.2) is 11.5 Å². The van der Waals surface area contributed by atoms with Crippen molar-refractivity contribution < 1.29 is 19.1 Å². The van der Waals surface area contributed by atoms with Crippen molar-refractivity contribution in [2.45, 2.75) is 5.03 Å². The monoisotopic (exact) mass is 359 g/mol. The van der Waals surface area contributed by atoms with Crippen LogP contribution in [0.2, 0.25) is 0 Å². The molecule has 0 aliphatic carbocycles. The molecule has 1 aromatic heterocycles. The number of anilines is 2. The number of methoxy groups -OCH3 is 2. The molecule has 0 spiro atoms. The first-order valence-corrected chi connectivity index (χ1v) is 8.51. The van der Waals surface area contributed by atoms with Crippen LogP contribution in [0, 0.1) is 0 Å². The van der Waals surface area contributed by atoms with Crippen LogP contribution in [0.1, 0.15) is 0 Å². The first kappa shape index (κ1) is 17.1. The van der Waals surface area contributed by atoms with Crippen LogP contribution in [0.5, 0.6) is 11.5 Å². The first-order chi connectivity index (χ1) is 12.1. The number of pyridine rings is 1. The predicted octanol–water partition coefficient (Wildman–Crippen LogP) is 2.18. The van der Waals surface area contributed by atoms with Crippen LogP contribution in [0.25, 0.3) is 0 Å². The minimum Gasteiger partial charge on any atom is -0.493 e. The van der Waals surface area contributed by atoms with Gasteiger partial charge in [-0.05, 0) is 24.3 Å². The van der Waals surface area contributed by atoms with E-state index in [0.717, 1.165) is 5.03 Å². The maximum atomic E-state index is 12.4. The molecule has 0 bridgehead atoms. The quantitative estimate of drug-likeness (QED) is 0.881. The van der Waals surface area contributed by atoms with Crippen molar-refractivity contribution >= 4 is 35.0 Å². The summed E-state index contributed by atoms with van der Waals surface area (Å²) in [6, 6.07) is 8.62. The average Bonchev–Trinajstić information content (AvgIpc) is 2.64. The second-order valence-corrected chi connectivity index (χ2v) is 6.18. The third kappa shape index (κ3) is 3.69. The van der Waals surface area contributed by atoms with E-state index in [1.807, 2.05) is 0 Å². The zero-order valence-electron chi connectivity index (χ0n) is 13.8. The molecule has 25 heavy (non-hydrogen) atoms. The highest BCUT2D eigenvalue weighted by Crippen LogP contribution is 2.33. The van der Waals surface area contributed by atoms with Gasteiger partial charge in [-0.3, -0.25) is 14.5 Å². The summed E-state index contributed by atoms with van der Waals surface area (Å²) in [5.74, 6) is 0.937. The number of thioether (sulfide) groups is 1. The summed E-state index contributed by atoms with van der Waals surface area (Å²) in [4.78, 5) is 30.3. The fourth-order valence-corrected chi connectivity index (χ4v) is 3.35. The van der Waals surface area contributed by atoms with Gasteiger partial charge in [-0.25, -0.2) is 4.98 Å². The molecule has 1 aliphatic heterocycles. The van der Waals surface area contributed by atoms with Crippen molar-refractivity contribution in [3.63, 3.8) is 0 Å². The van der Waals surface area contributed by atoms with Gasteiger partial charge >= 0.3 is 0 Å². The second kappa shape index (κ2) is 7.43. The lowest BCUT2D eigenvalue weighted by Gasteiger charge is -2.27. The molecule has 0 radical (unpaired) electrons. The molecule has 0 saturated heterocycles. The van der Waals surface area contributed by atoms with E-state index >= 15 is 0 Å². The van der Waals surface area contributed by atoms with Gasteiger partial charge < -0.3 is 14.8 Å². The zero-order valence-corrected chi connectivity index (χ0v) is 14.6. The number of carbonyl (C=O) groups is 2. The Kier molecular flexibility index (Phi) is 5.08. The summed E-state index contributed by atoms with van der Waals surface area (Å²) >= 11 is 1.38. The normalized spacial score (nSPS) is 13.2. The Hall–Kier alpha value is -2.74. The number of nitrogens with one attached hydrogen (secondary N) is 1. The summed E-state index contributed by atoms with van der Waals surface area (Å²) in [6.45, 7) is -0.0770. The molecule has 1 aliphatic rings. The van der Waals surface area contributed by atoms with Crippen molar-refractivity contribution in [2.75, 3.05) is 36.7 Å². The van der Waals surface area contributed by atoms with Gasteiger partial charge in [0.2, 0.25) is 11.8 Å². The number of nitrogens with zero attached hydrogens (tertiary/aromatic N) is 2. The van der Waals surface area contributed by atoms with Crippen LogP contribution in [0.4, 0.5) is 11.4 Å². The van der Waals surface area contributed by atoms with Crippen molar-refractivity contribution in [3.05, 3.63) is 36.5 Å². The van der Waals surface area contributed by atoms with Gasteiger partial charge in [-0.2, -0.15) is 0 Å². The Bertz CT molecular complexity index is 812. The van der Waals surface area contributed by atoms with Crippen LogP contribution < -0.4 is 19.7 Å². The minimum absolute atomic E-state index is 0.0770. The lowest BCUT2D eigenvalue weighted by Crippen LogP contribution is -2.41. The van der Waals surface area contributed by atoms with E-state index in [1.165, 1.54) is 23.8 Å². The summed E-state index contributed by atoms with van der Waals surface area (Å²) in [5, 5.41) is 3.52. The molecule has 1 aromatic carbocycles. The van der Waals surface area contributed by atoms with Gasteiger partial charge in [0, 0.05) is 18.0 Å². The van der Waals surface area contributed by atoms with E-state index in [1.54, 1.807) is 43.6 Å². The number of fused-ring (bicyclic) bond motifs is 1. The Morgan fingerprint density at radius 2 is 2.08 bits per heavy atom. The van der Waals surface area contributed by atoms with Crippen LogP contribution in [-0.4, -0.2) is 43.3 Å². The largest absolute Gasteiger partial charge is 0.493 e. The molecule has 0 fully saturated rings. The highest BCUT2D eigenvalue weighted by molar-refractivity contribution is 8.00. The molecular weight excluding hydrogens is 342 g/mol. The Morgan fingerprint density at radius 3 is 2.84 bits per heavy atom. The summed E-state index contributed by atoms with van der Waals surface area (Å²) in [7, 11) is 3.07. The van der Waals surface area contributed by atoms with E-state index in [4.69, 9.17) is 9.47 Å². The van der Waals surface area contributed by atoms with Crippen LogP contribution >= 0.6 is 11.8 Å². The van der Waals surface area contributed by atoms with Gasteiger partial charge in [-0.15, -0.1) is 0 Å². The van der Waals surface area contributed by atoms with Gasteiger partial charge in [0.05, 0.1) is 25.7 Å². The second-order valence-electron chi connectivity index (χ2n) is 5.21. The topological polar surface area (TPSA) is 80.8 Å². The number of ether oxygens (including phenoxy) is 2. The molecule has 0 unspecified atom stereocenters. The molecule has 2 aromatic rings. The molecule has 3 rings (SSSR count). The number of hydrogen-bond donors (Lipinski definition) is 1. The smallest absolute Gasteiger partial charge is 0.244 e. The molecule has 8 heteroatoms. The van der Waals surface area contributed by atoms with Crippen LogP contribution in [0.3, 0.4) is 0 Å². The summed E-state index contributed by atoms with van der Waals surface area (Å²) < 4.78 is 10.4. The fourth-order valence-electron chi connectivity index (χ4n) is 2.47. The molecule has 2 amide bonds. The maximum Gasteiger partial charge on any atom is 0.244 e. The number of hydrogen-bond acceptors (Lipinski definition) is 6. The van der Waals surface area contributed by atoms with Crippen LogP contribution in [0.15, 0.2) is 41.6 Å².